The Kier molecular flexibility index (Phi) is 3.05. The van der Waals surface area contributed by atoms with E-state index in [9.17, 15) is 13.2 Å². The number of benzene rings is 2. The van der Waals surface area contributed by atoms with Crippen LogP contribution in [0.4, 0.5) is 13.2 Å². The Balaban J connectivity index is 1.78. The van der Waals surface area contributed by atoms with Crippen molar-refractivity contribution >= 4 is 18.8 Å². The molecule has 5 heteroatoms. The third kappa shape index (κ3) is 2.57. The van der Waals surface area contributed by atoms with Crippen molar-refractivity contribution in [1.82, 2.24) is 0 Å². The first-order valence-electron chi connectivity index (χ1n) is 6.17. The van der Waals surface area contributed by atoms with E-state index in [1.807, 2.05) is 24.3 Å². The second kappa shape index (κ2) is 4.74. The first kappa shape index (κ1) is 12.8. The number of fused-ring (bicyclic) bond motifs is 1. The largest absolute Gasteiger partial charge is 0.457 e. The number of hydrogen-bond acceptors (Lipinski definition) is 1. The standard InChI is InChI=1S/C15H10BF3O/c17-15(18,19)11-2-5-12(6-3-11)20-13-4-1-10-7-8-16-14(10)9-13/h1-9,16H. The van der Waals surface area contributed by atoms with E-state index in [2.05, 4.69) is 5.98 Å². The summed E-state index contributed by atoms with van der Waals surface area (Å²) < 4.78 is 42.9. The molecule has 3 rings (SSSR count). The Hall–Kier alpha value is -2.17. The highest BCUT2D eigenvalue weighted by Gasteiger charge is 2.30. The van der Waals surface area contributed by atoms with Crippen LogP contribution in [-0.4, -0.2) is 7.28 Å². The maximum atomic E-state index is 12.4. The predicted octanol–water partition coefficient (Wildman–Crippen LogP) is 3.54. The van der Waals surface area contributed by atoms with Crippen molar-refractivity contribution in [2.45, 2.75) is 6.18 Å². The lowest BCUT2D eigenvalue weighted by molar-refractivity contribution is -0.137. The highest BCUT2D eigenvalue weighted by Crippen LogP contribution is 2.31. The summed E-state index contributed by atoms with van der Waals surface area (Å²) in [5.74, 6) is 3.09. The summed E-state index contributed by atoms with van der Waals surface area (Å²) in [5, 5.41) is 0. The smallest absolute Gasteiger partial charge is 0.416 e. The fourth-order valence-corrected chi connectivity index (χ4v) is 2.15. The van der Waals surface area contributed by atoms with Crippen LogP contribution in [0.1, 0.15) is 11.1 Å². The molecule has 0 atom stereocenters. The van der Waals surface area contributed by atoms with Crippen molar-refractivity contribution < 1.29 is 17.9 Å². The van der Waals surface area contributed by atoms with Crippen molar-refractivity contribution in [2.24, 2.45) is 0 Å². The molecule has 0 spiro atoms. The molecule has 0 bridgehead atoms. The molecule has 100 valence electrons. The van der Waals surface area contributed by atoms with Gasteiger partial charge in [-0.3, -0.25) is 0 Å². The minimum absolute atomic E-state index is 0.393. The zero-order chi connectivity index (χ0) is 14.2. The van der Waals surface area contributed by atoms with Crippen LogP contribution in [0.3, 0.4) is 0 Å². The SMILES string of the molecule is FC(F)(F)c1ccc(Oc2ccc3c(c2)BC=C3)cc1. The molecule has 0 unspecified atom stereocenters. The first-order chi connectivity index (χ1) is 9.52. The van der Waals surface area contributed by atoms with Gasteiger partial charge in [0.2, 0.25) is 0 Å². The summed E-state index contributed by atoms with van der Waals surface area (Å²) in [6, 6.07) is 10.4. The van der Waals surface area contributed by atoms with Crippen LogP contribution >= 0.6 is 0 Å². The van der Waals surface area contributed by atoms with E-state index >= 15 is 0 Å². The van der Waals surface area contributed by atoms with E-state index in [4.69, 9.17) is 4.74 Å². The maximum Gasteiger partial charge on any atom is 0.416 e. The molecular formula is C15H10BF3O. The van der Waals surface area contributed by atoms with Gasteiger partial charge >= 0.3 is 6.18 Å². The van der Waals surface area contributed by atoms with Crippen molar-refractivity contribution in [3.63, 3.8) is 0 Å². The highest BCUT2D eigenvalue weighted by molar-refractivity contribution is 6.62. The van der Waals surface area contributed by atoms with Crippen LogP contribution in [0.2, 0.25) is 0 Å². The van der Waals surface area contributed by atoms with Crippen LogP contribution < -0.4 is 10.2 Å². The zero-order valence-corrected chi connectivity index (χ0v) is 10.4. The first-order valence-corrected chi connectivity index (χ1v) is 6.17. The summed E-state index contributed by atoms with van der Waals surface area (Å²) >= 11 is 0. The third-order valence-corrected chi connectivity index (χ3v) is 3.17. The Bertz CT molecular complexity index is 660. The highest BCUT2D eigenvalue weighted by atomic mass is 19.4. The molecule has 1 heterocycles. The molecule has 0 radical (unpaired) electrons. The van der Waals surface area contributed by atoms with Gasteiger partial charge in [-0.15, -0.1) is 5.98 Å². The van der Waals surface area contributed by atoms with Crippen LogP contribution in [-0.2, 0) is 6.18 Å². The predicted molar refractivity (Wildman–Crippen MR) is 73.8 cm³/mol. The van der Waals surface area contributed by atoms with Gasteiger partial charge in [-0.1, -0.05) is 17.6 Å². The minimum Gasteiger partial charge on any atom is -0.457 e. The van der Waals surface area contributed by atoms with Gasteiger partial charge in [0.05, 0.1) is 5.56 Å². The number of hydrogen-bond donors (Lipinski definition) is 0. The van der Waals surface area contributed by atoms with Gasteiger partial charge in [0.25, 0.3) is 0 Å². The molecule has 2 aromatic rings. The van der Waals surface area contributed by atoms with E-state index in [1.165, 1.54) is 12.1 Å². The molecule has 0 amide bonds. The van der Waals surface area contributed by atoms with Gasteiger partial charge in [0.15, 0.2) is 7.28 Å². The van der Waals surface area contributed by atoms with Gasteiger partial charge in [0, 0.05) is 0 Å². The lowest BCUT2D eigenvalue weighted by Gasteiger charge is -2.10. The van der Waals surface area contributed by atoms with Crippen molar-refractivity contribution in [2.75, 3.05) is 0 Å². The quantitative estimate of drug-likeness (QED) is 0.761. The fraction of sp³-hybridized carbons (Fsp3) is 0.0667. The van der Waals surface area contributed by atoms with Gasteiger partial charge in [0.1, 0.15) is 11.5 Å². The van der Waals surface area contributed by atoms with Crippen LogP contribution in [0.15, 0.2) is 48.4 Å². The molecule has 0 saturated heterocycles. The van der Waals surface area contributed by atoms with Crippen LogP contribution in [0.25, 0.3) is 6.08 Å². The second-order valence-electron chi connectivity index (χ2n) is 4.59. The lowest BCUT2D eigenvalue weighted by atomic mass is 9.73. The lowest BCUT2D eigenvalue weighted by Crippen LogP contribution is -2.10. The van der Waals surface area contributed by atoms with Gasteiger partial charge in [-0.25, -0.2) is 0 Å². The van der Waals surface area contributed by atoms with Crippen molar-refractivity contribution in [1.29, 1.82) is 0 Å². The van der Waals surface area contributed by atoms with E-state index < -0.39 is 11.7 Å². The Labute approximate surface area is 114 Å². The van der Waals surface area contributed by atoms with Gasteiger partial charge in [-0.05, 0) is 42.0 Å². The van der Waals surface area contributed by atoms with Crippen LogP contribution in [0, 0.1) is 0 Å². The molecule has 2 aromatic carbocycles. The number of rotatable bonds is 2. The molecule has 1 aliphatic heterocycles. The minimum atomic E-state index is -4.32. The molecule has 0 aliphatic carbocycles. The van der Waals surface area contributed by atoms with Gasteiger partial charge in [-0.2, -0.15) is 13.2 Å². The zero-order valence-electron chi connectivity index (χ0n) is 10.4. The maximum absolute atomic E-state index is 12.4. The number of ether oxygens (including phenoxy) is 1. The summed E-state index contributed by atoms with van der Waals surface area (Å²) in [6.07, 6.45) is -2.28. The molecule has 0 N–H and O–H groups in total. The van der Waals surface area contributed by atoms with Crippen molar-refractivity contribution in [3.05, 3.63) is 59.6 Å². The van der Waals surface area contributed by atoms with E-state index in [0.717, 1.165) is 30.4 Å². The molecule has 0 aromatic heterocycles. The van der Waals surface area contributed by atoms with E-state index in [-0.39, 0.29) is 0 Å². The normalized spacial score (nSPS) is 12.9. The molecule has 20 heavy (non-hydrogen) atoms. The third-order valence-electron chi connectivity index (χ3n) is 3.17. The fourth-order valence-electron chi connectivity index (χ4n) is 2.15. The summed E-state index contributed by atoms with van der Waals surface area (Å²) in [6.45, 7) is 0. The number of halogens is 3. The van der Waals surface area contributed by atoms with E-state index in [0.29, 0.717) is 11.5 Å². The Morgan fingerprint density at radius 1 is 0.900 bits per heavy atom. The van der Waals surface area contributed by atoms with Crippen molar-refractivity contribution in [3.8, 4) is 11.5 Å². The Morgan fingerprint density at radius 3 is 2.30 bits per heavy atom. The Morgan fingerprint density at radius 2 is 1.60 bits per heavy atom. The average Bonchev–Trinajstić information content (AvgIpc) is 2.86. The van der Waals surface area contributed by atoms with Crippen LogP contribution in [0.5, 0.6) is 11.5 Å². The molecule has 1 nitrogen and oxygen atoms in total. The molecule has 0 saturated carbocycles. The average molecular weight is 274 g/mol. The number of alkyl halides is 3. The van der Waals surface area contributed by atoms with Gasteiger partial charge < -0.3 is 4.74 Å². The molecule has 0 fully saturated rings. The van der Waals surface area contributed by atoms with E-state index in [1.54, 1.807) is 0 Å². The monoisotopic (exact) mass is 274 g/mol. The second-order valence-corrected chi connectivity index (χ2v) is 4.59. The topological polar surface area (TPSA) is 9.23 Å². The molecule has 1 aliphatic rings. The molecular weight excluding hydrogens is 264 g/mol. The summed E-state index contributed by atoms with van der Waals surface area (Å²) in [7, 11) is 0.861. The summed E-state index contributed by atoms with van der Waals surface area (Å²) in [4.78, 5) is 0. The summed E-state index contributed by atoms with van der Waals surface area (Å²) in [5.41, 5.74) is 1.64.